The van der Waals surface area contributed by atoms with E-state index in [9.17, 15) is 0 Å². The predicted molar refractivity (Wildman–Crippen MR) is 113 cm³/mol. The molecule has 0 spiro atoms. The lowest BCUT2D eigenvalue weighted by Gasteiger charge is -2.07. The van der Waals surface area contributed by atoms with E-state index in [1.807, 2.05) is 18.2 Å². The van der Waals surface area contributed by atoms with Crippen LogP contribution in [0.3, 0.4) is 0 Å². The number of rotatable bonds is 10. The molecule has 148 valence electrons. The van der Waals surface area contributed by atoms with Gasteiger partial charge < -0.3 is 10.1 Å². The van der Waals surface area contributed by atoms with Gasteiger partial charge in [0.15, 0.2) is 0 Å². The minimum absolute atomic E-state index is 0.284. The molecule has 5 nitrogen and oxygen atoms in total. The van der Waals surface area contributed by atoms with E-state index in [1.165, 1.54) is 11.1 Å². The fourth-order valence-electron chi connectivity index (χ4n) is 2.97. The number of aryl methyl sites for hydroxylation is 1. The number of benzene rings is 2. The molecular weight excluding hydrogens is 348 g/mol. The minimum Gasteiger partial charge on any atom is -0.379 e. The van der Waals surface area contributed by atoms with Crippen molar-refractivity contribution in [2.24, 2.45) is 0 Å². The molecule has 0 radical (unpaired) electrons. The molecule has 1 heterocycles. The van der Waals surface area contributed by atoms with Crippen LogP contribution in [-0.2, 0) is 17.8 Å². The predicted octanol–water partition coefficient (Wildman–Crippen LogP) is 4.21. The van der Waals surface area contributed by atoms with Gasteiger partial charge in [-0.25, -0.2) is 0 Å². The second-order valence-corrected chi connectivity index (χ2v) is 7.33. The Balaban J connectivity index is 1.68. The summed E-state index contributed by atoms with van der Waals surface area (Å²) in [5.41, 5.74) is 5.47. The summed E-state index contributed by atoms with van der Waals surface area (Å²) in [5, 5.41) is 13.0. The van der Waals surface area contributed by atoms with Crippen LogP contribution < -0.4 is 5.32 Å². The highest BCUT2D eigenvalue weighted by Gasteiger charge is 2.13. The average molecular weight is 379 g/mol. The third-order valence-corrected chi connectivity index (χ3v) is 4.46. The van der Waals surface area contributed by atoms with E-state index in [4.69, 9.17) is 14.9 Å². The van der Waals surface area contributed by atoms with Gasteiger partial charge in [-0.1, -0.05) is 60.2 Å². The van der Waals surface area contributed by atoms with Gasteiger partial charge in [0.05, 0.1) is 12.6 Å². The first-order valence-electron chi connectivity index (χ1n) is 9.99. The third kappa shape index (κ3) is 6.01. The molecule has 28 heavy (non-hydrogen) atoms. The first-order valence-corrected chi connectivity index (χ1v) is 9.99. The quantitative estimate of drug-likeness (QED) is 0.537. The van der Waals surface area contributed by atoms with Crippen LogP contribution in [0.15, 0.2) is 54.6 Å². The van der Waals surface area contributed by atoms with Gasteiger partial charge in [-0.2, -0.15) is 15.0 Å². The molecule has 3 rings (SSSR count). The summed E-state index contributed by atoms with van der Waals surface area (Å²) >= 11 is 0. The van der Waals surface area contributed by atoms with Gasteiger partial charge in [0, 0.05) is 18.7 Å². The molecule has 0 atom stereocenters. The van der Waals surface area contributed by atoms with Crippen LogP contribution >= 0.6 is 0 Å². The Labute approximate surface area is 167 Å². The maximum Gasteiger partial charge on any atom is 0.117 e. The van der Waals surface area contributed by atoms with E-state index >= 15 is 0 Å². The van der Waals surface area contributed by atoms with Crippen LogP contribution in [0.4, 0.5) is 0 Å². The Morgan fingerprint density at radius 3 is 2.46 bits per heavy atom. The lowest BCUT2D eigenvalue weighted by atomic mass is 10.1. The van der Waals surface area contributed by atoms with Crippen LogP contribution in [0.2, 0.25) is 0 Å². The van der Waals surface area contributed by atoms with Gasteiger partial charge in [-0.05, 0) is 39.3 Å². The molecule has 3 aromatic rings. The third-order valence-electron chi connectivity index (χ3n) is 4.46. The fourth-order valence-corrected chi connectivity index (χ4v) is 2.97. The van der Waals surface area contributed by atoms with E-state index in [-0.39, 0.29) is 6.10 Å². The van der Waals surface area contributed by atoms with Crippen molar-refractivity contribution >= 4 is 0 Å². The normalized spacial score (nSPS) is 11.3. The zero-order valence-electron chi connectivity index (χ0n) is 17.1. The molecule has 0 aliphatic rings. The van der Waals surface area contributed by atoms with Gasteiger partial charge in [-0.15, -0.1) is 0 Å². The summed E-state index contributed by atoms with van der Waals surface area (Å²) in [7, 11) is 0. The maximum atomic E-state index is 5.59. The molecule has 0 fully saturated rings. The van der Waals surface area contributed by atoms with Crippen molar-refractivity contribution in [3.8, 4) is 11.3 Å². The molecule has 0 saturated carbocycles. The number of ether oxygens (including phenoxy) is 1. The van der Waals surface area contributed by atoms with Crippen molar-refractivity contribution in [3.63, 3.8) is 0 Å². The number of nitrogens with one attached hydrogen (secondary N) is 1. The lowest BCUT2D eigenvalue weighted by Crippen LogP contribution is -2.18. The SMILES string of the molecule is Cc1ccc(Cn2nc(CNCCCOC(C)C)c(-c3ccccc3)n2)cc1. The summed E-state index contributed by atoms with van der Waals surface area (Å²) in [6, 6.07) is 18.8. The van der Waals surface area contributed by atoms with Crippen LogP contribution in [0, 0.1) is 6.92 Å². The Bertz CT molecular complexity index is 841. The Kier molecular flexibility index (Phi) is 7.34. The number of hydrogen-bond acceptors (Lipinski definition) is 4. The van der Waals surface area contributed by atoms with Crippen LogP contribution in [0.25, 0.3) is 11.3 Å². The van der Waals surface area contributed by atoms with Crippen molar-refractivity contribution in [3.05, 3.63) is 71.4 Å². The van der Waals surface area contributed by atoms with Gasteiger partial charge >= 0.3 is 0 Å². The van der Waals surface area contributed by atoms with Gasteiger partial charge in [0.1, 0.15) is 11.4 Å². The van der Waals surface area contributed by atoms with Crippen molar-refractivity contribution < 1.29 is 4.74 Å². The van der Waals surface area contributed by atoms with Gasteiger partial charge in [0.25, 0.3) is 0 Å². The molecular formula is C23H30N4O. The molecule has 0 bridgehead atoms. The van der Waals surface area contributed by atoms with Crippen molar-refractivity contribution in [1.82, 2.24) is 20.3 Å². The zero-order chi connectivity index (χ0) is 19.8. The Morgan fingerprint density at radius 1 is 1.00 bits per heavy atom. The number of nitrogens with zero attached hydrogens (tertiary/aromatic N) is 3. The summed E-state index contributed by atoms with van der Waals surface area (Å²) < 4.78 is 5.59. The molecule has 0 unspecified atom stereocenters. The van der Waals surface area contributed by atoms with Crippen molar-refractivity contribution in [1.29, 1.82) is 0 Å². The van der Waals surface area contributed by atoms with E-state index in [0.717, 1.165) is 36.5 Å². The van der Waals surface area contributed by atoms with Crippen LogP contribution in [0.5, 0.6) is 0 Å². The van der Waals surface area contributed by atoms with Crippen LogP contribution in [0.1, 0.15) is 37.1 Å². The highest BCUT2D eigenvalue weighted by molar-refractivity contribution is 5.60. The number of hydrogen-bond donors (Lipinski definition) is 1. The summed E-state index contributed by atoms with van der Waals surface area (Å²) in [5.74, 6) is 0. The minimum atomic E-state index is 0.284. The van der Waals surface area contributed by atoms with Gasteiger partial charge in [-0.3, -0.25) is 0 Å². The van der Waals surface area contributed by atoms with E-state index in [0.29, 0.717) is 13.1 Å². The van der Waals surface area contributed by atoms with Gasteiger partial charge in [0.2, 0.25) is 0 Å². The molecule has 0 saturated heterocycles. The number of aromatic nitrogens is 3. The molecule has 0 aliphatic heterocycles. The molecule has 1 N–H and O–H groups in total. The summed E-state index contributed by atoms with van der Waals surface area (Å²) in [4.78, 5) is 1.80. The topological polar surface area (TPSA) is 52.0 Å². The standard InChI is InChI=1S/C23H30N4O/c1-18(2)28-15-7-14-24-16-22-23(21-8-5-4-6-9-21)26-27(25-22)17-20-12-10-19(3)11-13-20/h4-6,8-13,18,24H,7,14-17H2,1-3H3. The smallest absolute Gasteiger partial charge is 0.117 e. The highest BCUT2D eigenvalue weighted by Crippen LogP contribution is 2.20. The lowest BCUT2D eigenvalue weighted by molar-refractivity contribution is 0.0770. The monoisotopic (exact) mass is 378 g/mol. The molecule has 0 aliphatic carbocycles. The zero-order valence-corrected chi connectivity index (χ0v) is 17.1. The highest BCUT2D eigenvalue weighted by atomic mass is 16.5. The Hall–Kier alpha value is -2.50. The van der Waals surface area contributed by atoms with E-state index in [2.05, 4.69) is 62.5 Å². The van der Waals surface area contributed by atoms with Crippen molar-refractivity contribution in [2.45, 2.75) is 46.4 Å². The van der Waals surface area contributed by atoms with E-state index in [1.54, 1.807) is 4.80 Å². The summed E-state index contributed by atoms with van der Waals surface area (Å²) in [6.07, 6.45) is 1.27. The summed E-state index contributed by atoms with van der Waals surface area (Å²) in [6.45, 7) is 9.25. The Morgan fingerprint density at radius 2 is 1.75 bits per heavy atom. The second kappa shape index (κ2) is 10.2. The van der Waals surface area contributed by atoms with Crippen molar-refractivity contribution in [2.75, 3.05) is 13.2 Å². The first kappa shape index (κ1) is 20.2. The average Bonchev–Trinajstić information content (AvgIpc) is 3.09. The molecule has 0 amide bonds. The largest absolute Gasteiger partial charge is 0.379 e. The maximum absolute atomic E-state index is 5.59. The fraction of sp³-hybridized carbons (Fsp3) is 0.391. The molecule has 2 aromatic carbocycles. The van der Waals surface area contributed by atoms with E-state index < -0.39 is 0 Å². The first-order chi connectivity index (χ1) is 13.6. The molecule has 5 heteroatoms. The second-order valence-electron chi connectivity index (χ2n) is 7.33. The van der Waals surface area contributed by atoms with Crippen LogP contribution in [-0.4, -0.2) is 34.2 Å². The molecule has 1 aromatic heterocycles.